The zero-order chi connectivity index (χ0) is 20.3. The van der Waals surface area contributed by atoms with E-state index in [0.717, 1.165) is 0 Å². The second-order valence-electron chi connectivity index (χ2n) is 5.14. The SMILES string of the molecule is COc1nc(NC(=O)NS(=O)(=O)c2c(Cl)ccc3cccnc23)nc(OC)n1. The first kappa shape index (κ1) is 19.5. The standard InChI is InChI=1S/C15H13ClN6O5S/c1-26-14-19-12(20-15(21-14)27-2)18-13(23)22-28(24,25)11-9(16)6-5-8-4-3-7-17-10(8)11/h3-7H,1-2H3,(H2,18,19,20,21,22,23). The molecule has 0 unspecified atom stereocenters. The number of benzene rings is 1. The van der Waals surface area contributed by atoms with Crippen LogP contribution in [-0.4, -0.2) is 48.6 Å². The summed E-state index contributed by atoms with van der Waals surface area (Å²) in [5.41, 5.74) is 0.124. The number of ether oxygens (including phenoxy) is 2. The van der Waals surface area contributed by atoms with Crippen LogP contribution in [0.4, 0.5) is 10.7 Å². The van der Waals surface area contributed by atoms with Crippen LogP contribution in [-0.2, 0) is 10.0 Å². The molecule has 0 aliphatic rings. The predicted octanol–water partition coefficient (Wildman–Crippen LogP) is 1.60. The number of nitrogens with one attached hydrogen (secondary N) is 2. The van der Waals surface area contributed by atoms with Crippen molar-refractivity contribution in [1.29, 1.82) is 0 Å². The van der Waals surface area contributed by atoms with Gasteiger partial charge in [0.25, 0.3) is 10.0 Å². The summed E-state index contributed by atoms with van der Waals surface area (Å²) in [7, 11) is -1.75. The molecule has 0 spiro atoms. The van der Waals surface area contributed by atoms with Crippen LogP contribution in [0.15, 0.2) is 35.4 Å². The molecule has 146 valence electrons. The van der Waals surface area contributed by atoms with Crippen molar-refractivity contribution in [2.75, 3.05) is 19.5 Å². The Balaban J connectivity index is 1.90. The average Bonchev–Trinajstić information content (AvgIpc) is 2.66. The van der Waals surface area contributed by atoms with Gasteiger partial charge in [-0.15, -0.1) is 4.98 Å². The van der Waals surface area contributed by atoms with Crippen LogP contribution in [0.25, 0.3) is 10.9 Å². The average molecular weight is 425 g/mol. The highest BCUT2D eigenvalue weighted by atomic mass is 35.5. The zero-order valence-electron chi connectivity index (χ0n) is 14.5. The van der Waals surface area contributed by atoms with E-state index < -0.39 is 16.1 Å². The third-order valence-corrected chi connectivity index (χ3v) is 5.19. The van der Waals surface area contributed by atoms with E-state index >= 15 is 0 Å². The van der Waals surface area contributed by atoms with Crippen molar-refractivity contribution in [1.82, 2.24) is 24.7 Å². The topological polar surface area (TPSA) is 145 Å². The number of methoxy groups -OCH3 is 2. The van der Waals surface area contributed by atoms with Crippen molar-refractivity contribution in [2.45, 2.75) is 4.90 Å². The predicted molar refractivity (Wildman–Crippen MR) is 99.0 cm³/mol. The Hall–Kier alpha value is -3.25. The van der Waals surface area contributed by atoms with Gasteiger partial charge < -0.3 is 9.47 Å². The molecule has 0 aliphatic carbocycles. The van der Waals surface area contributed by atoms with Crippen molar-refractivity contribution < 1.29 is 22.7 Å². The van der Waals surface area contributed by atoms with Crippen LogP contribution >= 0.6 is 11.6 Å². The summed E-state index contributed by atoms with van der Waals surface area (Å²) >= 11 is 6.05. The Labute approximate surface area is 164 Å². The molecule has 0 aliphatic heterocycles. The molecule has 28 heavy (non-hydrogen) atoms. The number of anilines is 1. The van der Waals surface area contributed by atoms with Gasteiger partial charge in [0, 0.05) is 11.6 Å². The fourth-order valence-electron chi connectivity index (χ4n) is 2.23. The van der Waals surface area contributed by atoms with Crippen LogP contribution in [0.3, 0.4) is 0 Å². The Bertz CT molecular complexity index is 1130. The van der Waals surface area contributed by atoms with Crippen molar-refractivity contribution in [3.05, 3.63) is 35.5 Å². The highest BCUT2D eigenvalue weighted by Gasteiger charge is 2.25. The lowest BCUT2D eigenvalue weighted by atomic mass is 10.2. The van der Waals surface area contributed by atoms with Crippen molar-refractivity contribution in [3.8, 4) is 12.0 Å². The molecule has 0 atom stereocenters. The first-order chi connectivity index (χ1) is 13.3. The molecule has 2 aromatic heterocycles. The van der Waals surface area contributed by atoms with Crippen molar-refractivity contribution in [3.63, 3.8) is 0 Å². The minimum Gasteiger partial charge on any atom is -0.467 e. The Morgan fingerprint density at radius 2 is 1.75 bits per heavy atom. The second kappa shape index (κ2) is 7.78. The van der Waals surface area contributed by atoms with E-state index in [2.05, 4.69) is 25.3 Å². The van der Waals surface area contributed by atoms with Gasteiger partial charge in [0.05, 0.1) is 24.8 Å². The van der Waals surface area contributed by atoms with E-state index in [4.69, 9.17) is 21.1 Å². The van der Waals surface area contributed by atoms with Crippen LogP contribution in [0, 0.1) is 0 Å². The van der Waals surface area contributed by atoms with Crippen LogP contribution < -0.4 is 19.5 Å². The maximum absolute atomic E-state index is 12.7. The highest BCUT2D eigenvalue weighted by Crippen LogP contribution is 2.28. The number of carbonyl (C=O) groups is 1. The van der Waals surface area contributed by atoms with Gasteiger partial charge in [0.1, 0.15) is 4.90 Å². The van der Waals surface area contributed by atoms with Crippen molar-refractivity contribution in [2.24, 2.45) is 0 Å². The second-order valence-corrected chi connectivity index (χ2v) is 7.17. The van der Waals surface area contributed by atoms with E-state index in [0.29, 0.717) is 5.39 Å². The molecule has 11 nitrogen and oxygen atoms in total. The van der Waals surface area contributed by atoms with E-state index in [1.807, 2.05) is 4.72 Å². The van der Waals surface area contributed by atoms with Crippen LogP contribution in [0.5, 0.6) is 12.0 Å². The number of carbonyl (C=O) groups excluding carboxylic acids is 1. The van der Waals surface area contributed by atoms with E-state index in [9.17, 15) is 13.2 Å². The number of fused-ring (bicyclic) bond motifs is 1. The molecule has 13 heteroatoms. The van der Waals surface area contributed by atoms with E-state index in [1.165, 1.54) is 26.5 Å². The first-order valence-electron chi connectivity index (χ1n) is 7.55. The molecule has 2 N–H and O–H groups in total. The molecule has 1 aromatic carbocycles. The third-order valence-electron chi connectivity index (χ3n) is 3.36. The lowest BCUT2D eigenvalue weighted by Gasteiger charge is -2.11. The number of hydrogen-bond acceptors (Lipinski definition) is 9. The monoisotopic (exact) mass is 424 g/mol. The molecular formula is C15H13ClN6O5S. The zero-order valence-corrected chi connectivity index (χ0v) is 16.1. The molecule has 0 fully saturated rings. The number of hydrogen-bond donors (Lipinski definition) is 2. The fourth-order valence-corrected chi connectivity index (χ4v) is 3.83. The highest BCUT2D eigenvalue weighted by molar-refractivity contribution is 7.90. The normalized spacial score (nSPS) is 11.1. The lowest BCUT2D eigenvalue weighted by molar-refractivity contribution is 0.256. The van der Waals surface area contributed by atoms with Gasteiger partial charge in [0.15, 0.2) is 0 Å². The van der Waals surface area contributed by atoms with Crippen LogP contribution in [0.1, 0.15) is 0 Å². The molecule has 0 saturated heterocycles. The smallest absolute Gasteiger partial charge is 0.335 e. The number of aromatic nitrogens is 4. The molecule has 2 heterocycles. The van der Waals surface area contributed by atoms with Gasteiger partial charge in [-0.1, -0.05) is 23.7 Å². The molecule has 0 saturated carbocycles. The van der Waals surface area contributed by atoms with E-state index in [1.54, 1.807) is 18.2 Å². The number of rotatable bonds is 5. The summed E-state index contributed by atoms with van der Waals surface area (Å²) in [6.07, 6.45) is 1.42. The summed E-state index contributed by atoms with van der Waals surface area (Å²) in [5.74, 6) is -0.279. The Kier molecular flexibility index (Phi) is 5.42. The molecule has 0 radical (unpaired) electrons. The molecule has 3 rings (SSSR count). The minimum absolute atomic E-state index is 0.0880. The Morgan fingerprint density at radius 1 is 1.07 bits per heavy atom. The summed E-state index contributed by atoms with van der Waals surface area (Å²) in [6, 6.07) is 4.94. The maximum atomic E-state index is 12.7. The largest absolute Gasteiger partial charge is 0.467 e. The molecule has 3 aromatic rings. The molecular weight excluding hydrogens is 412 g/mol. The molecule has 0 bridgehead atoms. The third kappa shape index (κ3) is 4.02. The minimum atomic E-state index is -4.36. The number of halogens is 1. The maximum Gasteiger partial charge on any atom is 0.335 e. The van der Waals surface area contributed by atoms with Gasteiger partial charge in [-0.2, -0.15) is 9.97 Å². The first-order valence-corrected chi connectivity index (χ1v) is 9.41. The number of urea groups is 1. The Morgan fingerprint density at radius 3 is 2.39 bits per heavy atom. The van der Waals surface area contributed by atoms with Gasteiger partial charge in [-0.25, -0.2) is 17.9 Å². The number of amides is 2. The van der Waals surface area contributed by atoms with Crippen LogP contribution in [0.2, 0.25) is 5.02 Å². The van der Waals surface area contributed by atoms with Crippen molar-refractivity contribution >= 4 is 44.5 Å². The molecule has 2 amide bonds. The fraction of sp³-hybridized carbons (Fsp3) is 0.133. The number of nitrogens with zero attached hydrogens (tertiary/aromatic N) is 4. The van der Waals surface area contributed by atoms with E-state index in [-0.39, 0.29) is 33.4 Å². The summed E-state index contributed by atoms with van der Waals surface area (Å²) in [5, 5.41) is 2.62. The quantitative estimate of drug-likeness (QED) is 0.623. The summed E-state index contributed by atoms with van der Waals surface area (Å²) in [4.78, 5) is 27.2. The van der Waals surface area contributed by atoms with Gasteiger partial charge in [-0.3, -0.25) is 10.3 Å². The van der Waals surface area contributed by atoms with Gasteiger partial charge in [0.2, 0.25) is 5.95 Å². The van der Waals surface area contributed by atoms with Gasteiger partial charge in [-0.05, 0) is 12.1 Å². The number of sulfonamides is 1. The number of pyridine rings is 1. The van der Waals surface area contributed by atoms with Gasteiger partial charge >= 0.3 is 18.1 Å². The lowest BCUT2D eigenvalue weighted by Crippen LogP contribution is -2.35. The summed E-state index contributed by atoms with van der Waals surface area (Å²) < 4.78 is 37.0. The summed E-state index contributed by atoms with van der Waals surface area (Å²) in [6.45, 7) is 0.